The summed E-state index contributed by atoms with van der Waals surface area (Å²) >= 11 is 0. The number of nitrogens with one attached hydrogen (secondary N) is 2. The van der Waals surface area contributed by atoms with Crippen LogP contribution in [0.5, 0.6) is 0 Å². The van der Waals surface area contributed by atoms with Gasteiger partial charge < -0.3 is 10.6 Å². The number of amides is 3. The van der Waals surface area contributed by atoms with Gasteiger partial charge >= 0.3 is 0 Å². The van der Waals surface area contributed by atoms with Gasteiger partial charge in [-0.2, -0.15) is 0 Å². The van der Waals surface area contributed by atoms with Gasteiger partial charge in [-0.25, -0.2) is 0 Å². The van der Waals surface area contributed by atoms with E-state index in [4.69, 9.17) is 0 Å². The number of carbonyl (C=O) groups excluding carboxylic acids is 3. The predicted octanol–water partition coefficient (Wildman–Crippen LogP) is 4.41. The van der Waals surface area contributed by atoms with Gasteiger partial charge in [0.15, 0.2) is 0 Å². The molecule has 1 unspecified atom stereocenters. The molecule has 6 heteroatoms. The van der Waals surface area contributed by atoms with Crippen molar-refractivity contribution in [2.75, 3.05) is 12.4 Å². The maximum atomic E-state index is 13.6. The molecule has 1 aliphatic rings. The molecule has 1 atom stereocenters. The first-order valence-corrected chi connectivity index (χ1v) is 11.3. The first-order valence-electron chi connectivity index (χ1n) is 11.3. The Morgan fingerprint density at radius 3 is 1.84 bits per heavy atom. The molecule has 176 valence electrons. The van der Waals surface area contributed by atoms with Crippen molar-refractivity contribution in [1.29, 1.82) is 0 Å². The summed E-state index contributed by atoms with van der Waals surface area (Å²) in [7, 11) is 1.89. The first kappa shape index (κ1) is 25.6. The van der Waals surface area contributed by atoms with Crippen LogP contribution in [0, 0.1) is 5.41 Å². The van der Waals surface area contributed by atoms with E-state index in [0.717, 1.165) is 11.3 Å². The van der Waals surface area contributed by atoms with E-state index in [9.17, 15) is 14.4 Å². The zero-order valence-corrected chi connectivity index (χ0v) is 21.1. The second kappa shape index (κ2) is 8.72. The normalized spacial score (nSPS) is 16.8. The Labute approximate surface area is 192 Å². The minimum absolute atomic E-state index is 0.0787. The highest BCUT2D eigenvalue weighted by atomic mass is 16.2. The van der Waals surface area contributed by atoms with Crippen LogP contribution in [0.25, 0.3) is 0 Å². The molecule has 2 N–H and O–H groups in total. The molecule has 32 heavy (non-hydrogen) atoms. The largest absolute Gasteiger partial charge is 0.388 e. The molecule has 3 amide bonds. The number of imide groups is 1. The third kappa shape index (κ3) is 4.74. The van der Waals surface area contributed by atoms with Crippen LogP contribution in [-0.4, -0.2) is 40.7 Å². The van der Waals surface area contributed by atoms with Gasteiger partial charge in [0.1, 0.15) is 0 Å². The van der Waals surface area contributed by atoms with Crippen LogP contribution in [-0.2, 0) is 19.8 Å². The maximum absolute atomic E-state index is 13.6. The lowest BCUT2D eigenvalue weighted by Crippen LogP contribution is -2.60. The van der Waals surface area contributed by atoms with Crippen LogP contribution < -0.4 is 10.6 Å². The minimum atomic E-state index is -0.789. The van der Waals surface area contributed by atoms with Crippen molar-refractivity contribution in [2.45, 2.75) is 84.7 Å². The molecule has 0 fully saturated rings. The van der Waals surface area contributed by atoms with E-state index in [1.54, 1.807) is 0 Å². The van der Waals surface area contributed by atoms with E-state index in [2.05, 4.69) is 36.6 Å². The van der Waals surface area contributed by atoms with Gasteiger partial charge in [-0.15, -0.1) is 0 Å². The molecule has 2 rings (SSSR count). The van der Waals surface area contributed by atoms with Gasteiger partial charge in [0, 0.05) is 46.8 Å². The Kier molecular flexibility index (Phi) is 6.98. The molecule has 1 aromatic carbocycles. The SMILES string of the molecule is CCC(C)(CC(C)(C)N1C(=O)C=CC1=O)C(=O)NC(C)(C)C(C)(C)c1ccc(NC)cc1. The van der Waals surface area contributed by atoms with Crippen LogP contribution in [0.4, 0.5) is 5.69 Å². The van der Waals surface area contributed by atoms with Crippen molar-refractivity contribution < 1.29 is 14.4 Å². The molecule has 0 saturated heterocycles. The Morgan fingerprint density at radius 2 is 1.41 bits per heavy atom. The fourth-order valence-electron chi connectivity index (χ4n) is 4.40. The lowest BCUT2D eigenvalue weighted by molar-refractivity contribution is -0.147. The highest BCUT2D eigenvalue weighted by Gasteiger charge is 2.47. The summed E-state index contributed by atoms with van der Waals surface area (Å²) in [6.07, 6.45) is 3.53. The van der Waals surface area contributed by atoms with Crippen molar-refractivity contribution in [1.82, 2.24) is 10.2 Å². The molecule has 0 aromatic heterocycles. The molecule has 1 aliphatic heterocycles. The van der Waals surface area contributed by atoms with Crippen LogP contribution in [0.3, 0.4) is 0 Å². The van der Waals surface area contributed by atoms with Gasteiger partial charge in [-0.1, -0.05) is 39.8 Å². The van der Waals surface area contributed by atoms with Crippen molar-refractivity contribution in [3.05, 3.63) is 42.0 Å². The number of nitrogens with zero attached hydrogens (tertiary/aromatic N) is 1. The standard InChI is InChI=1S/C26H39N3O3/c1-10-26(8,17-23(2,3)29-20(30)15-16-21(29)31)22(32)28-25(6,7)24(4,5)18-11-13-19(27-9)14-12-18/h11-16,27H,10,17H2,1-9H3,(H,28,32). The van der Waals surface area contributed by atoms with Crippen LogP contribution in [0.2, 0.25) is 0 Å². The molecule has 0 aliphatic carbocycles. The number of carbonyl (C=O) groups is 3. The van der Waals surface area contributed by atoms with Gasteiger partial charge in [-0.05, 0) is 58.2 Å². The lowest BCUT2D eigenvalue weighted by Gasteiger charge is -2.46. The number of rotatable bonds is 9. The minimum Gasteiger partial charge on any atom is -0.388 e. The van der Waals surface area contributed by atoms with Gasteiger partial charge in [0.25, 0.3) is 11.8 Å². The summed E-state index contributed by atoms with van der Waals surface area (Å²) in [6, 6.07) is 8.23. The Bertz CT molecular complexity index is 895. The van der Waals surface area contributed by atoms with Crippen molar-refractivity contribution in [3.8, 4) is 0 Å². The number of benzene rings is 1. The molecular weight excluding hydrogens is 402 g/mol. The third-order valence-electron chi connectivity index (χ3n) is 7.45. The first-order chi connectivity index (χ1) is 14.6. The number of anilines is 1. The molecule has 1 heterocycles. The lowest BCUT2D eigenvalue weighted by atomic mass is 9.68. The fourth-order valence-corrected chi connectivity index (χ4v) is 4.40. The topological polar surface area (TPSA) is 78.5 Å². The van der Waals surface area contributed by atoms with E-state index < -0.39 is 16.5 Å². The summed E-state index contributed by atoms with van der Waals surface area (Å²) in [5.41, 5.74) is -0.276. The average molecular weight is 442 g/mol. The highest BCUT2D eigenvalue weighted by molar-refractivity contribution is 6.13. The quantitative estimate of drug-likeness (QED) is 0.557. The summed E-state index contributed by atoms with van der Waals surface area (Å²) in [5, 5.41) is 6.42. The van der Waals surface area contributed by atoms with Crippen LogP contribution in [0.1, 0.15) is 73.8 Å². The van der Waals surface area contributed by atoms with E-state index in [1.165, 1.54) is 17.1 Å². The number of hydrogen-bond acceptors (Lipinski definition) is 4. The second-order valence-corrected chi connectivity index (χ2v) is 10.8. The van der Waals surface area contributed by atoms with Gasteiger partial charge in [0.2, 0.25) is 5.91 Å². The average Bonchev–Trinajstić information content (AvgIpc) is 3.06. The Hall–Kier alpha value is -2.63. The molecule has 0 radical (unpaired) electrons. The van der Waals surface area contributed by atoms with Gasteiger partial charge in [0.05, 0.1) is 0 Å². The van der Waals surface area contributed by atoms with E-state index in [0.29, 0.717) is 12.8 Å². The summed E-state index contributed by atoms with van der Waals surface area (Å²) in [4.78, 5) is 39.4. The van der Waals surface area contributed by atoms with Crippen molar-refractivity contribution in [3.63, 3.8) is 0 Å². The highest BCUT2D eigenvalue weighted by Crippen LogP contribution is 2.40. The van der Waals surface area contributed by atoms with Crippen molar-refractivity contribution >= 4 is 23.4 Å². The Morgan fingerprint density at radius 1 is 0.906 bits per heavy atom. The van der Waals surface area contributed by atoms with Crippen LogP contribution in [0.15, 0.2) is 36.4 Å². The molecule has 0 bridgehead atoms. The summed E-state index contributed by atoms with van der Waals surface area (Å²) in [5.74, 6) is -0.735. The van der Waals surface area contributed by atoms with Crippen LogP contribution >= 0.6 is 0 Å². The van der Waals surface area contributed by atoms with E-state index >= 15 is 0 Å². The van der Waals surface area contributed by atoms with E-state index in [1.807, 2.05) is 60.7 Å². The third-order valence-corrected chi connectivity index (χ3v) is 7.45. The molecule has 1 aromatic rings. The Balaban J connectivity index is 2.26. The zero-order chi connectivity index (χ0) is 24.5. The van der Waals surface area contributed by atoms with Crippen molar-refractivity contribution in [2.24, 2.45) is 5.41 Å². The number of hydrogen-bond donors (Lipinski definition) is 2. The monoisotopic (exact) mass is 441 g/mol. The van der Waals surface area contributed by atoms with E-state index in [-0.39, 0.29) is 23.1 Å². The molecule has 0 saturated carbocycles. The molecule has 6 nitrogen and oxygen atoms in total. The van der Waals surface area contributed by atoms with Gasteiger partial charge in [-0.3, -0.25) is 19.3 Å². The molecule has 0 spiro atoms. The fraction of sp³-hybridized carbons (Fsp3) is 0.577. The summed E-state index contributed by atoms with van der Waals surface area (Å²) < 4.78 is 0. The molecular formula is C26H39N3O3. The zero-order valence-electron chi connectivity index (χ0n) is 21.1. The summed E-state index contributed by atoms with van der Waals surface area (Å²) in [6.45, 7) is 15.9. The second-order valence-electron chi connectivity index (χ2n) is 10.8. The smallest absolute Gasteiger partial charge is 0.254 e. The predicted molar refractivity (Wildman–Crippen MR) is 129 cm³/mol. The maximum Gasteiger partial charge on any atom is 0.254 e.